The van der Waals surface area contributed by atoms with Crippen molar-refractivity contribution in [2.45, 2.75) is 19.5 Å². The third-order valence-electron chi connectivity index (χ3n) is 3.72. The summed E-state index contributed by atoms with van der Waals surface area (Å²) in [5, 5.41) is 0. The zero-order chi connectivity index (χ0) is 15.7. The number of halogens is 2. The van der Waals surface area contributed by atoms with Crippen molar-refractivity contribution in [2.75, 3.05) is 6.54 Å². The van der Waals surface area contributed by atoms with Crippen molar-refractivity contribution in [1.29, 1.82) is 0 Å². The van der Waals surface area contributed by atoms with E-state index in [4.69, 9.17) is 5.73 Å². The molecule has 2 heterocycles. The number of hydrogen-bond donors (Lipinski definition) is 1. The second-order valence-corrected chi connectivity index (χ2v) is 5.86. The first-order valence-corrected chi connectivity index (χ1v) is 7.65. The number of nitrogens with two attached hydrogens (primary N) is 1. The molecule has 114 valence electrons. The minimum absolute atomic E-state index is 0.162. The molecule has 0 saturated carbocycles. The van der Waals surface area contributed by atoms with Gasteiger partial charge in [0, 0.05) is 25.5 Å². The zero-order valence-electron chi connectivity index (χ0n) is 11.7. The van der Waals surface area contributed by atoms with Crippen LogP contribution in [0.3, 0.4) is 0 Å². The molecular formula is C15H14BrFN4O. The lowest BCUT2D eigenvalue weighted by Gasteiger charge is -2.29. The predicted octanol–water partition coefficient (Wildman–Crippen LogP) is 2.04. The van der Waals surface area contributed by atoms with Crippen LogP contribution in [0.25, 0.3) is 0 Å². The van der Waals surface area contributed by atoms with Crippen LogP contribution < -0.4 is 5.73 Å². The fourth-order valence-electron chi connectivity index (χ4n) is 2.49. The molecule has 0 unspecified atom stereocenters. The molecule has 0 atom stereocenters. The van der Waals surface area contributed by atoms with Gasteiger partial charge in [-0.1, -0.05) is 6.07 Å². The summed E-state index contributed by atoms with van der Waals surface area (Å²) in [7, 11) is 0. The highest BCUT2D eigenvalue weighted by molar-refractivity contribution is 9.10. The number of carbonyl (C=O) groups is 1. The molecule has 0 saturated heterocycles. The van der Waals surface area contributed by atoms with Gasteiger partial charge in [0.05, 0.1) is 16.6 Å². The van der Waals surface area contributed by atoms with E-state index >= 15 is 0 Å². The Morgan fingerprint density at radius 1 is 1.36 bits per heavy atom. The van der Waals surface area contributed by atoms with E-state index in [1.54, 1.807) is 11.0 Å². The van der Waals surface area contributed by atoms with Crippen LogP contribution in [0, 0.1) is 5.82 Å². The quantitative estimate of drug-likeness (QED) is 0.884. The Morgan fingerprint density at radius 3 is 2.77 bits per heavy atom. The summed E-state index contributed by atoms with van der Waals surface area (Å²) in [5.74, 6) is 0.0134. The maximum Gasteiger partial charge on any atom is 0.257 e. The van der Waals surface area contributed by atoms with Crippen LogP contribution >= 0.6 is 15.9 Å². The van der Waals surface area contributed by atoms with Crippen molar-refractivity contribution in [1.82, 2.24) is 14.9 Å². The monoisotopic (exact) mass is 364 g/mol. The Labute approximate surface area is 135 Å². The Morgan fingerprint density at radius 2 is 2.09 bits per heavy atom. The lowest BCUT2D eigenvalue weighted by atomic mass is 9.99. The third kappa shape index (κ3) is 2.74. The molecule has 22 heavy (non-hydrogen) atoms. The molecule has 1 aliphatic heterocycles. The highest BCUT2D eigenvalue weighted by Gasteiger charge is 2.24. The molecule has 7 heteroatoms. The van der Waals surface area contributed by atoms with Crippen LogP contribution in [0.5, 0.6) is 0 Å². The normalized spacial score (nSPS) is 13.9. The number of rotatable bonds is 2. The van der Waals surface area contributed by atoms with Gasteiger partial charge in [-0.05, 0) is 39.5 Å². The molecule has 0 fully saturated rings. The number of amides is 1. The summed E-state index contributed by atoms with van der Waals surface area (Å²) >= 11 is 3.27. The van der Waals surface area contributed by atoms with Crippen LogP contribution in [0.2, 0.25) is 0 Å². The van der Waals surface area contributed by atoms with Gasteiger partial charge >= 0.3 is 0 Å². The molecule has 1 aromatic carbocycles. The van der Waals surface area contributed by atoms with Crippen LogP contribution in [0.1, 0.15) is 27.3 Å². The lowest BCUT2D eigenvalue weighted by Crippen LogP contribution is -2.36. The second kappa shape index (κ2) is 6.10. The molecule has 1 aromatic heterocycles. The van der Waals surface area contributed by atoms with E-state index in [0.29, 0.717) is 35.4 Å². The summed E-state index contributed by atoms with van der Waals surface area (Å²) in [5.41, 5.74) is 7.73. The number of benzene rings is 1. The minimum atomic E-state index is -0.316. The summed E-state index contributed by atoms with van der Waals surface area (Å²) in [6.45, 7) is 1.19. The predicted molar refractivity (Wildman–Crippen MR) is 82.5 cm³/mol. The van der Waals surface area contributed by atoms with E-state index in [2.05, 4.69) is 25.9 Å². The Bertz CT molecular complexity index is 720. The van der Waals surface area contributed by atoms with Gasteiger partial charge in [-0.25, -0.2) is 14.4 Å². The molecule has 3 rings (SSSR count). The van der Waals surface area contributed by atoms with E-state index in [9.17, 15) is 9.18 Å². The van der Waals surface area contributed by atoms with Crippen molar-refractivity contribution < 1.29 is 9.18 Å². The third-order valence-corrected chi connectivity index (χ3v) is 4.57. The first-order chi connectivity index (χ1) is 10.6. The summed E-state index contributed by atoms with van der Waals surface area (Å²) < 4.78 is 14.1. The van der Waals surface area contributed by atoms with Gasteiger partial charge in [0.2, 0.25) is 0 Å². The maximum atomic E-state index is 13.7. The lowest BCUT2D eigenvalue weighted by molar-refractivity contribution is 0.0733. The molecule has 2 N–H and O–H groups in total. The zero-order valence-corrected chi connectivity index (χ0v) is 13.3. The maximum absolute atomic E-state index is 13.7. The molecule has 1 amide bonds. The SMILES string of the molecule is NCc1ncc(C(=O)N2CCc3ccc(F)c(Br)c3C2)cn1. The molecular weight excluding hydrogens is 351 g/mol. The van der Waals surface area contributed by atoms with Gasteiger partial charge in [0.15, 0.2) is 0 Å². The van der Waals surface area contributed by atoms with E-state index in [-0.39, 0.29) is 18.3 Å². The van der Waals surface area contributed by atoms with Gasteiger partial charge < -0.3 is 10.6 Å². The highest BCUT2D eigenvalue weighted by Crippen LogP contribution is 2.29. The van der Waals surface area contributed by atoms with Crippen molar-refractivity contribution in [3.05, 3.63) is 57.3 Å². The molecule has 0 bridgehead atoms. The minimum Gasteiger partial charge on any atom is -0.334 e. The first-order valence-electron chi connectivity index (χ1n) is 6.86. The van der Waals surface area contributed by atoms with E-state index in [0.717, 1.165) is 11.1 Å². The highest BCUT2D eigenvalue weighted by atomic mass is 79.9. The Balaban J connectivity index is 1.84. The first kappa shape index (κ1) is 15.1. The van der Waals surface area contributed by atoms with Crippen molar-refractivity contribution in [2.24, 2.45) is 5.73 Å². The van der Waals surface area contributed by atoms with Crippen LogP contribution in [-0.2, 0) is 19.5 Å². The molecule has 2 aromatic rings. The summed E-state index contributed by atoms with van der Waals surface area (Å²) in [6.07, 6.45) is 3.66. The van der Waals surface area contributed by atoms with E-state index < -0.39 is 0 Å². The molecule has 0 radical (unpaired) electrons. The van der Waals surface area contributed by atoms with Gasteiger partial charge in [-0.15, -0.1) is 0 Å². The Kier molecular flexibility index (Phi) is 4.17. The van der Waals surface area contributed by atoms with Crippen LogP contribution in [-0.4, -0.2) is 27.3 Å². The second-order valence-electron chi connectivity index (χ2n) is 5.07. The number of aromatic nitrogens is 2. The van der Waals surface area contributed by atoms with Gasteiger partial charge in [0.25, 0.3) is 5.91 Å². The molecule has 0 spiro atoms. The van der Waals surface area contributed by atoms with Gasteiger partial charge in [-0.2, -0.15) is 0 Å². The average Bonchev–Trinajstić information content (AvgIpc) is 2.57. The van der Waals surface area contributed by atoms with Gasteiger partial charge in [-0.3, -0.25) is 4.79 Å². The van der Waals surface area contributed by atoms with Gasteiger partial charge in [0.1, 0.15) is 11.6 Å². The smallest absolute Gasteiger partial charge is 0.257 e. The standard InChI is InChI=1S/C15H14BrFN4O/c16-14-11-8-21(4-3-9(11)1-2-12(14)17)15(22)10-6-19-13(5-18)20-7-10/h1-2,6-7H,3-5,8,18H2. The van der Waals surface area contributed by atoms with E-state index in [1.165, 1.54) is 18.5 Å². The molecule has 0 aliphatic carbocycles. The topological polar surface area (TPSA) is 72.1 Å². The number of nitrogens with zero attached hydrogens (tertiary/aromatic N) is 3. The fraction of sp³-hybridized carbons (Fsp3) is 0.267. The number of hydrogen-bond acceptors (Lipinski definition) is 4. The van der Waals surface area contributed by atoms with Crippen molar-refractivity contribution in [3.63, 3.8) is 0 Å². The van der Waals surface area contributed by atoms with Crippen LogP contribution in [0.4, 0.5) is 4.39 Å². The average molecular weight is 365 g/mol. The molecule has 5 nitrogen and oxygen atoms in total. The van der Waals surface area contributed by atoms with E-state index in [1.807, 2.05) is 0 Å². The number of fused-ring (bicyclic) bond motifs is 1. The Hall–Kier alpha value is -1.86. The van der Waals surface area contributed by atoms with Crippen molar-refractivity contribution in [3.8, 4) is 0 Å². The summed E-state index contributed by atoms with van der Waals surface area (Å²) in [4.78, 5) is 22.3. The largest absolute Gasteiger partial charge is 0.334 e. The van der Waals surface area contributed by atoms with Crippen LogP contribution in [0.15, 0.2) is 29.0 Å². The molecule has 1 aliphatic rings. The number of carbonyl (C=O) groups excluding carboxylic acids is 1. The summed E-state index contributed by atoms with van der Waals surface area (Å²) in [6, 6.07) is 3.22. The van der Waals surface area contributed by atoms with Crippen molar-refractivity contribution >= 4 is 21.8 Å². The fourth-order valence-corrected chi connectivity index (χ4v) is 3.00.